The molecule has 0 saturated heterocycles. The summed E-state index contributed by atoms with van der Waals surface area (Å²) in [6.07, 6.45) is 9.48. The zero-order valence-electron chi connectivity index (χ0n) is 12.5. The first-order valence-corrected chi connectivity index (χ1v) is 8.04. The Morgan fingerprint density at radius 2 is 1.89 bits per heavy atom. The van der Waals surface area contributed by atoms with Gasteiger partial charge in [0.25, 0.3) is 0 Å². The van der Waals surface area contributed by atoms with E-state index in [1.54, 1.807) is 0 Å². The van der Waals surface area contributed by atoms with E-state index >= 15 is 0 Å². The minimum atomic E-state index is -0.262. The van der Waals surface area contributed by atoms with Gasteiger partial charge in [-0.15, -0.1) is 0 Å². The van der Waals surface area contributed by atoms with Gasteiger partial charge in [-0.3, -0.25) is 0 Å². The van der Waals surface area contributed by atoms with E-state index in [4.69, 9.17) is 0 Å². The fraction of sp³-hybridized carbons (Fsp3) is 0.667. The molecule has 1 unspecified atom stereocenters. The molecule has 0 bridgehead atoms. The summed E-state index contributed by atoms with van der Waals surface area (Å²) in [4.78, 5) is 0. The molecule has 1 aliphatic rings. The smallest absolute Gasteiger partial charge is 0.0792 e. The van der Waals surface area contributed by atoms with Crippen molar-refractivity contribution in [2.24, 2.45) is 5.92 Å². The summed E-state index contributed by atoms with van der Waals surface area (Å²) in [5, 5.41) is 10.5. The number of aliphatic hydroxyl groups excluding tert-OH is 1. The highest BCUT2D eigenvalue weighted by atomic mass is 16.3. The number of hydrogen-bond donors (Lipinski definition) is 1. The molecular formula is C18H28O. The lowest BCUT2D eigenvalue weighted by atomic mass is 9.92. The van der Waals surface area contributed by atoms with E-state index in [0.717, 1.165) is 25.2 Å². The van der Waals surface area contributed by atoms with Crippen molar-refractivity contribution in [1.29, 1.82) is 0 Å². The Balaban J connectivity index is 2.01. The molecule has 1 heteroatoms. The van der Waals surface area contributed by atoms with Crippen molar-refractivity contribution in [2.45, 2.75) is 71.3 Å². The van der Waals surface area contributed by atoms with E-state index in [9.17, 15) is 5.11 Å². The summed E-state index contributed by atoms with van der Waals surface area (Å²) in [7, 11) is 0. The summed E-state index contributed by atoms with van der Waals surface area (Å²) in [5.74, 6) is 0.870. The molecule has 1 fully saturated rings. The molecule has 106 valence electrons. The molecule has 1 N–H and O–H groups in total. The SMILES string of the molecule is CCc1ccc(CC)c(C(O)CCC2CCCC2)c1. The Hall–Kier alpha value is -0.820. The third-order valence-corrected chi connectivity index (χ3v) is 4.68. The molecule has 0 aliphatic heterocycles. The first-order chi connectivity index (χ1) is 9.24. The Labute approximate surface area is 118 Å². The van der Waals surface area contributed by atoms with Crippen molar-refractivity contribution in [1.82, 2.24) is 0 Å². The molecule has 1 nitrogen and oxygen atoms in total. The highest BCUT2D eigenvalue weighted by Crippen LogP contribution is 2.32. The molecule has 0 radical (unpaired) electrons. The second-order valence-corrected chi connectivity index (χ2v) is 5.98. The van der Waals surface area contributed by atoms with Gasteiger partial charge in [-0.25, -0.2) is 0 Å². The van der Waals surface area contributed by atoms with Crippen LogP contribution in [0.2, 0.25) is 0 Å². The average molecular weight is 260 g/mol. The summed E-state index contributed by atoms with van der Waals surface area (Å²) in [6.45, 7) is 4.35. The van der Waals surface area contributed by atoms with Gasteiger partial charge in [-0.2, -0.15) is 0 Å². The molecule has 1 aromatic carbocycles. The van der Waals surface area contributed by atoms with E-state index in [1.165, 1.54) is 48.8 Å². The summed E-state index contributed by atoms with van der Waals surface area (Å²) < 4.78 is 0. The molecule has 1 aromatic rings. The molecule has 1 aliphatic carbocycles. The third-order valence-electron chi connectivity index (χ3n) is 4.68. The van der Waals surface area contributed by atoms with Crippen LogP contribution in [-0.2, 0) is 12.8 Å². The van der Waals surface area contributed by atoms with Crippen LogP contribution in [-0.4, -0.2) is 5.11 Å². The van der Waals surface area contributed by atoms with Crippen molar-refractivity contribution in [2.75, 3.05) is 0 Å². The zero-order valence-corrected chi connectivity index (χ0v) is 12.5. The van der Waals surface area contributed by atoms with Crippen LogP contribution in [0.15, 0.2) is 18.2 Å². The average Bonchev–Trinajstić information content (AvgIpc) is 2.97. The first kappa shape index (κ1) is 14.6. The van der Waals surface area contributed by atoms with E-state index in [-0.39, 0.29) is 6.10 Å². The Bertz CT molecular complexity index is 391. The van der Waals surface area contributed by atoms with Gasteiger partial charge in [0.2, 0.25) is 0 Å². The molecule has 0 heterocycles. The van der Waals surface area contributed by atoms with Gasteiger partial charge in [-0.05, 0) is 48.3 Å². The van der Waals surface area contributed by atoms with E-state index in [1.807, 2.05) is 0 Å². The van der Waals surface area contributed by atoms with Gasteiger partial charge in [0.05, 0.1) is 6.10 Å². The predicted molar refractivity (Wildman–Crippen MR) is 81.3 cm³/mol. The van der Waals surface area contributed by atoms with Crippen molar-refractivity contribution >= 4 is 0 Å². The van der Waals surface area contributed by atoms with Gasteiger partial charge in [0, 0.05) is 0 Å². The fourth-order valence-corrected chi connectivity index (χ4v) is 3.34. The number of hydrogen-bond acceptors (Lipinski definition) is 1. The topological polar surface area (TPSA) is 20.2 Å². The zero-order chi connectivity index (χ0) is 13.7. The number of aliphatic hydroxyl groups is 1. The van der Waals surface area contributed by atoms with E-state index in [2.05, 4.69) is 32.0 Å². The van der Waals surface area contributed by atoms with Crippen LogP contribution >= 0.6 is 0 Å². The van der Waals surface area contributed by atoms with Gasteiger partial charge < -0.3 is 5.11 Å². The van der Waals surface area contributed by atoms with E-state index < -0.39 is 0 Å². The molecular weight excluding hydrogens is 232 g/mol. The first-order valence-electron chi connectivity index (χ1n) is 8.04. The van der Waals surface area contributed by atoms with E-state index in [0.29, 0.717) is 0 Å². The molecule has 0 amide bonds. The van der Waals surface area contributed by atoms with Crippen molar-refractivity contribution in [3.05, 3.63) is 34.9 Å². The van der Waals surface area contributed by atoms with Crippen molar-refractivity contribution in [3.63, 3.8) is 0 Å². The molecule has 1 saturated carbocycles. The second kappa shape index (κ2) is 7.09. The highest BCUT2D eigenvalue weighted by Gasteiger charge is 2.18. The maximum atomic E-state index is 10.5. The Morgan fingerprint density at radius 1 is 1.16 bits per heavy atom. The number of benzene rings is 1. The second-order valence-electron chi connectivity index (χ2n) is 5.98. The van der Waals surface area contributed by atoms with Crippen LogP contribution in [0.4, 0.5) is 0 Å². The summed E-state index contributed by atoms with van der Waals surface area (Å²) in [5.41, 5.74) is 3.84. The highest BCUT2D eigenvalue weighted by molar-refractivity contribution is 5.33. The monoisotopic (exact) mass is 260 g/mol. The quantitative estimate of drug-likeness (QED) is 0.778. The summed E-state index contributed by atoms with van der Waals surface area (Å²) in [6, 6.07) is 6.62. The Kier molecular flexibility index (Phi) is 5.45. The predicted octanol–water partition coefficient (Wildman–Crippen LogP) is 4.82. The van der Waals surface area contributed by atoms with Crippen molar-refractivity contribution in [3.8, 4) is 0 Å². The van der Waals surface area contributed by atoms with Crippen LogP contribution in [0.5, 0.6) is 0 Å². The fourth-order valence-electron chi connectivity index (χ4n) is 3.34. The molecule has 0 spiro atoms. The normalized spacial score (nSPS) is 17.8. The summed E-state index contributed by atoms with van der Waals surface area (Å²) >= 11 is 0. The minimum absolute atomic E-state index is 0.262. The minimum Gasteiger partial charge on any atom is -0.388 e. The van der Waals surface area contributed by atoms with Gasteiger partial charge in [0.15, 0.2) is 0 Å². The van der Waals surface area contributed by atoms with Crippen LogP contribution in [0, 0.1) is 5.92 Å². The molecule has 0 aromatic heterocycles. The lowest BCUT2D eigenvalue weighted by Gasteiger charge is -2.18. The largest absolute Gasteiger partial charge is 0.388 e. The molecule has 2 rings (SSSR count). The standard InChI is InChI=1S/C18H28O/c1-3-14-9-11-16(4-2)17(13-14)18(19)12-10-15-7-5-6-8-15/h9,11,13,15,18-19H,3-8,10,12H2,1-2H3. The lowest BCUT2D eigenvalue weighted by Crippen LogP contribution is -2.05. The van der Waals surface area contributed by atoms with Crippen LogP contribution in [0.1, 0.15) is 75.2 Å². The van der Waals surface area contributed by atoms with Crippen LogP contribution in [0.3, 0.4) is 0 Å². The van der Waals surface area contributed by atoms with Crippen LogP contribution < -0.4 is 0 Å². The molecule has 1 atom stereocenters. The maximum absolute atomic E-state index is 10.5. The number of rotatable bonds is 6. The van der Waals surface area contributed by atoms with Gasteiger partial charge in [0.1, 0.15) is 0 Å². The molecule has 19 heavy (non-hydrogen) atoms. The van der Waals surface area contributed by atoms with Crippen molar-refractivity contribution < 1.29 is 5.11 Å². The maximum Gasteiger partial charge on any atom is 0.0792 e. The van der Waals surface area contributed by atoms with Crippen LogP contribution in [0.25, 0.3) is 0 Å². The Morgan fingerprint density at radius 3 is 2.53 bits per heavy atom. The van der Waals surface area contributed by atoms with Gasteiger partial charge >= 0.3 is 0 Å². The lowest BCUT2D eigenvalue weighted by molar-refractivity contribution is 0.156. The van der Waals surface area contributed by atoms with Gasteiger partial charge in [-0.1, -0.05) is 57.7 Å². The third kappa shape index (κ3) is 3.82. The number of aryl methyl sites for hydroxylation is 2.